The lowest BCUT2D eigenvalue weighted by Gasteiger charge is -2.30. The van der Waals surface area contributed by atoms with Gasteiger partial charge in [-0.05, 0) is 51.0 Å². The first-order chi connectivity index (χ1) is 11.1. The summed E-state index contributed by atoms with van der Waals surface area (Å²) in [7, 11) is 1.49. The Bertz CT molecular complexity index is 571. The summed E-state index contributed by atoms with van der Waals surface area (Å²) in [6, 6.07) is 10.3. The molecule has 2 atom stereocenters. The third-order valence-electron chi connectivity index (χ3n) is 4.41. The van der Waals surface area contributed by atoms with Crippen LogP contribution in [0.2, 0.25) is 0 Å². The number of allylic oxidation sites excluding steroid dienone is 4. The molecule has 1 aromatic carbocycles. The summed E-state index contributed by atoms with van der Waals surface area (Å²) < 4.78 is 0. The van der Waals surface area contributed by atoms with Gasteiger partial charge in [0.25, 0.3) is 0 Å². The van der Waals surface area contributed by atoms with Crippen LogP contribution < -0.4 is 5.48 Å². The molecule has 2 rings (SSSR count). The Morgan fingerprint density at radius 3 is 2.70 bits per heavy atom. The Morgan fingerprint density at radius 1 is 1.30 bits per heavy atom. The monoisotopic (exact) mass is 313 g/mol. The minimum Gasteiger partial charge on any atom is -0.277 e. The largest absolute Gasteiger partial charge is 0.277 e. The molecule has 0 aliphatic heterocycles. The molecule has 0 saturated heterocycles. The van der Waals surface area contributed by atoms with E-state index in [0.717, 1.165) is 25.7 Å². The van der Waals surface area contributed by atoms with Crippen LogP contribution in [0.3, 0.4) is 0 Å². The number of carbonyl (C=O) groups excluding carboxylic acids is 1. The molecule has 1 aliphatic rings. The van der Waals surface area contributed by atoms with Crippen LogP contribution in [0.5, 0.6) is 0 Å². The van der Waals surface area contributed by atoms with Gasteiger partial charge in [-0.2, -0.15) is 0 Å². The van der Waals surface area contributed by atoms with Gasteiger partial charge in [-0.3, -0.25) is 9.63 Å². The van der Waals surface area contributed by atoms with Gasteiger partial charge < -0.3 is 0 Å². The third-order valence-corrected chi connectivity index (χ3v) is 4.41. The summed E-state index contributed by atoms with van der Waals surface area (Å²) in [6.45, 7) is 4.26. The fourth-order valence-electron chi connectivity index (χ4n) is 3.23. The van der Waals surface area contributed by atoms with Crippen LogP contribution >= 0.6 is 0 Å². The Balaban J connectivity index is 2.14. The van der Waals surface area contributed by atoms with Crippen molar-refractivity contribution in [2.75, 3.05) is 7.11 Å². The van der Waals surface area contributed by atoms with E-state index in [1.807, 2.05) is 18.2 Å². The highest BCUT2D eigenvalue weighted by molar-refractivity contribution is 5.79. The number of benzene rings is 1. The molecule has 23 heavy (non-hydrogen) atoms. The quantitative estimate of drug-likeness (QED) is 0.619. The molecule has 0 unspecified atom stereocenters. The Morgan fingerprint density at radius 2 is 2.04 bits per heavy atom. The van der Waals surface area contributed by atoms with Crippen molar-refractivity contribution in [1.29, 1.82) is 0 Å². The van der Waals surface area contributed by atoms with Crippen LogP contribution in [0, 0.1) is 5.92 Å². The highest BCUT2D eigenvalue weighted by atomic mass is 16.6. The molecule has 3 heteroatoms. The maximum Gasteiger partial charge on any atom is 0.247 e. The van der Waals surface area contributed by atoms with Crippen molar-refractivity contribution < 1.29 is 9.63 Å². The molecule has 1 aromatic rings. The van der Waals surface area contributed by atoms with Crippen molar-refractivity contribution in [1.82, 2.24) is 5.48 Å². The highest BCUT2D eigenvalue weighted by Gasteiger charge is 2.32. The Hall–Kier alpha value is -1.87. The van der Waals surface area contributed by atoms with Gasteiger partial charge in [0.05, 0.1) is 13.0 Å². The molecule has 0 fully saturated rings. The molecule has 0 spiro atoms. The first kappa shape index (κ1) is 17.5. The van der Waals surface area contributed by atoms with Gasteiger partial charge >= 0.3 is 0 Å². The summed E-state index contributed by atoms with van der Waals surface area (Å²) in [5.41, 5.74) is 6.56. The zero-order valence-corrected chi connectivity index (χ0v) is 14.3. The van der Waals surface area contributed by atoms with Crippen LogP contribution in [0.15, 0.2) is 53.6 Å². The topological polar surface area (TPSA) is 38.3 Å². The average Bonchev–Trinajstić information content (AvgIpc) is 2.55. The Labute approximate surface area is 139 Å². The summed E-state index contributed by atoms with van der Waals surface area (Å²) >= 11 is 0. The third kappa shape index (κ3) is 5.07. The molecular formula is C20H27NO2. The van der Waals surface area contributed by atoms with E-state index in [2.05, 4.69) is 43.6 Å². The number of rotatable bonds is 6. The first-order valence-corrected chi connectivity index (χ1v) is 8.31. The lowest BCUT2D eigenvalue weighted by atomic mass is 9.74. The van der Waals surface area contributed by atoms with Crippen LogP contribution in [-0.2, 0) is 9.63 Å². The van der Waals surface area contributed by atoms with E-state index < -0.39 is 0 Å². The van der Waals surface area contributed by atoms with E-state index in [-0.39, 0.29) is 17.7 Å². The summed E-state index contributed by atoms with van der Waals surface area (Å²) in [6.07, 6.45) is 8.40. The lowest BCUT2D eigenvalue weighted by Crippen LogP contribution is -2.35. The first-order valence-electron chi connectivity index (χ1n) is 8.31. The van der Waals surface area contributed by atoms with Crippen LogP contribution in [0.4, 0.5) is 0 Å². The number of nitrogens with one attached hydrogen (secondary N) is 1. The predicted molar refractivity (Wildman–Crippen MR) is 93.8 cm³/mol. The van der Waals surface area contributed by atoms with Gasteiger partial charge in [-0.15, -0.1) is 0 Å². The van der Waals surface area contributed by atoms with E-state index in [0.29, 0.717) is 0 Å². The molecule has 1 amide bonds. The van der Waals surface area contributed by atoms with E-state index in [9.17, 15) is 4.79 Å². The highest BCUT2D eigenvalue weighted by Crippen LogP contribution is 2.39. The molecule has 0 radical (unpaired) electrons. The van der Waals surface area contributed by atoms with Crippen molar-refractivity contribution >= 4 is 5.91 Å². The standard InChI is InChI=1S/C20H27NO2/c1-15(2)8-7-9-16-12-13-18(20(22)21-23-3)19(14-16)17-10-5-4-6-11-17/h4-6,8,10-12,18-19H,7,9,13-14H2,1-3H3,(H,21,22)/t18-,19+/m0/s1. The number of hydrogen-bond donors (Lipinski definition) is 1. The molecule has 0 aromatic heterocycles. The second-order valence-electron chi connectivity index (χ2n) is 6.42. The zero-order chi connectivity index (χ0) is 16.7. The molecule has 0 bridgehead atoms. The Kier molecular flexibility index (Phi) is 6.60. The SMILES string of the molecule is CONC(=O)[C@H]1CC=C(CCC=C(C)C)C[C@@H]1c1ccccc1. The van der Waals surface area contributed by atoms with E-state index in [4.69, 9.17) is 4.84 Å². The van der Waals surface area contributed by atoms with Crippen LogP contribution in [0.1, 0.15) is 51.0 Å². The summed E-state index contributed by atoms with van der Waals surface area (Å²) in [5.74, 6) is 0.128. The molecule has 124 valence electrons. The fraction of sp³-hybridized carbons (Fsp3) is 0.450. The number of hydroxylamine groups is 1. The van der Waals surface area contributed by atoms with Gasteiger partial charge in [-0.1, -0.05) is 53.6 Å². The molecular weight excluding hydrogens is 286 g/mol. The zero-order valence-electron chi connectivity index (χ0n) is 14.3. The summed E-state index contributed by atoms with van der Waals surface area (Å²) in [5, 5.41) is 0. The van der Waals surface area contributed by atoms with Crippen LogP contribution in [0.25, 0.3) is 0 Å². The molecule has 1 aliphatic carbocycles. The predicted octanol–water partition coefficient (Wildman–Crippen LogP) is 4.53. The second kappa shape index (κ2) is 8.68. The fourth-order valence-corrected chi connectivity index (χ4v) is 3.23. The average molecular weight is 313 g/mol. The number of hydrogen-bond acceptors (Lipinski definition) is 2. The van der Waals surface area contributed by atoms with Gasteiger partial charge in [0.1, 0.15) is 0 Å². The molecule has 0 heterocycles. The van der Waals surface area contributed by atoms with Crippen molar-refractivity contribution in [3.05, 3.63) is 59.2 Å². The van der Waals surface area contributed by atoms with Gasteiger partial charge in [0, 0.05) is 0 Å². The normalized spacial score (nSPS) is 20.6. The van der Waals surface area contributed by atoms with E-state index in [1.54, 1.807) is 0 Å². The summed E-state index contributed by atoms with van der Waals surface area (Å²) in [4.78, 5) is 17.1. The maximum atomic E-state index is 12.3. The lowest BCUT2D eigenvalue weighted by molar-refractivity contribution is -0.136. The molecule has 3 nitrogen and oxygen atoms in total. The van der Waals surface area contributed by atoms with Crippen molar-refractivity contribution in [2.45, 2.75) is 45.4 Å². The molecule has 1 N–H and O–H groups in total. The van der Waals surface area contributed by atoms with Gasteiger partial charge in [-0.25, -0.2) is 5.48 Å². The minimum absolute atomic E-state index is 0.0269. The smallest absolute Gasteiger partial charge is 0.247 e. The number of carbonyl (C=O) groups is 1. The van der Waals surface area contributed by atoms with E-state index in [1.165, 1.54) is 23.8 Å². The van der Waals surface area contributed by atoms with E-state index >= 15 is 0 Å². The molecule has 0 saturated carbocycles. The maximum absolute atomic E-state index is 12.3. The second-order valence-corrected chi connectivity index (χ2v) is 6.42. The van der Waals surface area contributed by atoms with Crippen molar-refractivity contribution in [3.63, 3.8) is 0 Å². The van der Waals surface area contributed by atoms with Gasteiger partial charge in [0.2, 0.25) is 5.91 Å². The van der Waals surface area contributed by atoms with Crippen LogP contribution in [-0.4, -0.2) is 13.0 Å². The van der Waals surface area contributed by atoms with Gasteiger partial charge in [0.15, 0.2) is 0 Å². The van der Waals surface area contributed by atoms with Crippen molar-refractivity contribution in [2.24, 2.45) is 5.92 Å². The van der Waals surface area contributed by atoms with Crippen molar-refractivity contribution in [3.8, 4) is 0 Å². The number of amides is 1. The minimum atomic E-state index is -0.0652.